The molecule has 0 spiro atoms. The number of carbonyl (C=O) groups is 1. The number of alkyl halides is 3. The van der Waals surface area contributed by atoms with E-state index in [2.05, 4.69) is 20.3 Å². The molecule has 1 aliphatic heterocycles. The van der Waals surface area contributed by atoms with Crippen LogP contribution in [-0.4, -0.2) is 36.8 Å². The van der Waals surface area contributed by atoms with Gasteiger partial charge in [0.25, 0.3) is 5.91 Å². The van der Waals surface area contributed by atoms with Gasteiger partial charge in [0.1, 0.15) is 11.6 Å². The maximum Gasteiger partial charge on any atom is 0.419 e. The van der Waals surface area contributed by atoms with Crippen molar-refractivity contribution in [2.45, 2.75) is 38.9 Å². The lowest BCUT2D eigenvalue weighted by atomic mass is 9.80. The molecule has 38 heavy (non-hydrogen) atoms. The van der Waals surface area contributed by atoms with Crippen molar-refractivity contribution in [3.05, 3.63) is 75.0 Å². The number of hydrogen-bond acceptors (Lipinski definition) is 7. The quantitative estimate of drug-likeness (QED) is 0.521. The number of sulfone groups is 1. The molecule has 0 saturated carbocycles. The standard InChI is InChI=1S/C25H25F4N5O3S/c1-13-17(10-20(23(30)34-13)25(27,28)29)11-33-24(35)15-3-4-31-19(9-15)6-14-5-16-8-18(26)12-32-22(16)21(7-14)38(2,36)37/h3-4,8-10,12,14,16H,5-7,11H2,1-2H3,(H2,30,34)(H,33,35). The van der Waals surface area contributed by atoms with Crippen molar-refractivity contribution in [2.24, 2.45) is 16.8 Å². The number of dihydropyridines is 1. The van der Waals surface area contributed by atoms with Crippen LogP contribution in [0.15, 0.2) is 51.9 Å². The molecule has 4 rings (SSSR count). The van der Waals surface area contributed by atoms with Gasteiger partial charge < -0.3 is 11.1 Å². The average molecular weight is 552 g/mol. The molecule has 13 heteroatoms. The summed E-state index contributed by atoms with van der Waals surface area (Å²) in [7, 11) is -3.57. The van der Waals surface area contributed by atoms with E-state index in [1.165, 1.54) is 25.3 Å². The van der Waals surface area contributed by atoms with E-state index in [9.17, 15) is 30.8 Å². The summed E-state index contributed by atoms with van der Waals surface area (Å²) in [6.07, 6.45) is 1.21. The van der Waals surface area contributed by atoms with Gasteiger partial charge in [-0.3, -0.25) is 14.8 Å². The SMILES string of the molecule is Cc1nc(N)c(C(F)(F)F)cc1CNC(=O)c1ccnc(CC2CC(S(C)(=O)=O)=C3N=CC(F)=CC3C2)c1. The fraction of sp³-hybridized carbons (Fsp3) is 0.360. The molecule has 2 aromatic heterocycles. The fourth-order valence-electron chi connectivity index (χ4n) is 4.68. The molecule has 3 heterocycles. The van der Waals surface area contributed by atoms with Crippen molar-refractivity contribution in [1.82, 2.24) is 15.3 Å². The molecule has 2 aliphatic rings. The zero-order chi connectivity index (χ0) is 27.8. The zero-order valence-corrected chi connectivity index (χ0v) is 21.3. The Hall–Kier alpha value is -3.61. The summed E-state index contributed by atoms with van der Waals surface area (Å²) < 4.78 is 78.1. The number of rotatable bonds is 6. The Morgan fingerprint density at radius 1 is 1.26 bits per heavy atom. The van der Waals surface area contributed by atoms with E-state index in [-0.39, 0.29) is 40.6 Å². The van der Waals surface area contributed by atoms with Crippen molar-refractivity contribution in [2.75, 3.05) is 12.0 Å². The van der Waals surface area contributed by atoms with E-state index in [4.69, 9.17) is 5.73 Å². The number of nitrogen functional groups attached to an aromatic ring is 1. The largest absolute Gasteiger partial charge is 0.419 e. The third kappa shape index (κ3) is 6.09. The Bertz CT molecular complexity index is 1480. The lowest BCUT2D eigenvalue weighted by Crippen LogP contribution is -2.25. The average Bonchev–Trinajstić information content (AvgIpc) is 2.81. The third-order valence-electron chi connectivity index (χ3n) is 6.50. The van der Waals surface area contributed by atoms with Crippen molar-refractivity contribution in [3.63, 3.8) is 0 Å². The van der Waals surface area contributed by atoms with Crippen LogP contribution in [-0.2, 0) is 29.0 Å². The summed E-state index contributed by atoms with van der Waals surface area (Å²) in [5, 5.41) is 2.59. The second kappa shape index (κ2) is 10.3. The van der Waals surface area contributed by atoms with Gasteiger partial charge >= 0.3 is 6.18 Å². The Kier molecular flexibility index (Phi) is 7.42. The second-order valence-corrected chi connectivity index (χ2v) is 11.4. The van der Waals surface area contributed by atoms with E-state index in [0.29, 0.717) is 24.2 Å². The van der Waals surface area contributed by atoms with Gasteiger partial charge in [0.05, 0.1) is 22.4 Å². The minimum atomic E-state index is -4.68. The maximum atomic E-state index is 13.8. The molecule has 0 aromatic carbocycles. The number of allylic oxidation sites excluding steroid dienone is 3. The molecule has 1 amide bonds. The van der Waals surface area contributed by atoms with Crippen LogP contribution in [0.3, 0.4) is 0 Å². The summed E-state index contributed by atoms with van der Waals surface area (Å²) in [6.45, 7) is 1.29. The minimum Gasteiger partial charge on any atom is -0.383 e. The number of anilines is 1. The number of aryl methyl sites for hydroxylation is 1. The van der Waals surface area contributed by atoms with Gasteiger partial charge in [-0.1, -0.05) is 0 Å². The molecule has 0 saturated heterocycles. The summed E-state index contributed by atoms with van der Waals surface area (Å²) in [4.78, 5) is 25.0. The van der Waals surface area contributed by atoms with Crippen molar-refractivity contribution in [1.29, 1.82) is 0 Å². The predicted molar refractivity (Wildman–Crippen MR) is 133 cm³/mol. The van der Waals surface area contributed by atoms with Crippen LogP contribution in [0.2, 0.25) is 0 Å². The van der Waals surface area contributed by atoms with Crippen LogP contribution < -0.4 is 11.1 Å². The summed E-state index contributed by atoms with van der Waals surface area (Å²) in [6, 6.07) is 3.87. The topological polar surface area (TPSA) is 127 Å². The highest BCUT2D eigenvalue weighted by Gasteiger charge is 2.35. The molecule has 1 aliphatic carbocycles. The Morgan fingerprint density at radius 2 is 2.00 bits per heavy atom. The van der Waals surface area contributed by atoms with E-state index in [1.807, 2.05) is 0 Å². The van der Waals surface area contributed by atoms with Crippen LogP contribution in [0.5, 0.6) is 0 Å². The number of pyridine rings is 2. The normalized spacial score (nSPS) is 19.7. The molecule has 0 fully saturated rings. The number of nitrogens with one attached hydrogen (secondary N) is 1. The molecule has 0 radical (unpaired) electrons. The molecule has 2 atom stereocenters. The molecule has 8 nitrogen and oxygen atoms in total. The van der Waals surface area contributed by atoms with E-state index in [1.54, 1.807) is 6.07 Å². The summed E-state index contributed by atoms with van der Waals surface area (Å²) >= 11 is 0. The third-order valence-corrected chi connectivity index (χ3v) is 7.77. The maximum absolute atomic E-state index is 13.8. The van der Waals surface area contributed by atoms with Crippen LogP contribution in [0, 0.1) is 18.8 Å². The number of nitrogens with zero attached hydrogens (tertiary/aromatic N) is 3. The highest BCUT2D eigenvalue weighted by atomic mass is 32.2. The summed E-state index contributed by atoms with van der Waals surface area (Å²) in [5.41, 5.74) is 5.86. The van der Waals surface area contributed by atoms with Crippen LogP contribution in [0.1, 0.15) is 45.7 Å². The number of nitrogens with two attached hydrogens (primary N) is 1. The van der Waals surface area contributed by atoms with Gasteiger partial charge in [-0.25, -0.2) is 17.8 Å². The van der Waals surface area contributed by atoms with Gasteiger partial charge in [0, 0.05) is 41.9 Å². The highest BCUT2D eigenvalue weighted by Crippen LogP contribution is 2.41. The first-order valence-electron chi connectivity index (χ1n) is 11.6. The number of fused-ring (bicyclic) bond motifs is 1. The summed E-state index contributed by atoms with van der Waals surface area (Å²) in [5.74, 6) is -2.37. The monoisotopic (exact) mass is 551 g/mol. The van der Waals surface area contributed by atoms with Gasteiger partial charge in [0.2, 0.25) is 0 Å². The molecule has 3 N–H and O–H groups in total. The number of halogens is 4. The molecule has 0 bridgehead atoms. The molecule has 2 aromatic rings. The van der Waals surface area contributed by atoms with E-state index < -0.39 is 45.0 Å². The second-order valence-electron chi connectivity index (χ2n) is 9.39. The number of aliphatic imine (C=N–C) groups is 1. The van der Waals surface area contributed by atoms with Gasteiger partial charge in [0.15, 0.2) is 9.84 Å². The number of amides is 1. The first kappa shape index (κ1) is 27.4. The van der Waals surface area contributed by atoms with E-state index in [0.717, 1.165) is 18.5 Å². The number of carbonyl (C=O) groups excluding carboxylic acids is 1. The molecule has 202 valence electrons. The van der Waals surface area contributed by atoms with Crippen LogP contribution in [0.25, 0.3) is 0 Å². The van der Waals surface area contributed by atoms with Gasteiger partial charge in [-0.05, 0) is 61.9 Å². The fourth-order valence-corrected chi connectivity index (χ4v) is 5.80. The Balaban J connectivity index is 1.48. The Morgan fingerprint density at radius 3 is 2.68 bits per heavy atom. The molecule has 2 unspecified atom stereocenters. The van der Waals surface area contributed by atoms with E-state index >= 15 is 0 Å². The smallest absolute Gasteiger partial charge is 0.383 e. The first-order chi connectivity index (χ1) is 17.7. The lowest BCUT2D eigenvalue weighted by Gasteiger charge is -2.31. The predicted octanol–water partition coefficient (Wildman–Crippen LogP) is 4.08. The van der Waals surface area contributed by atoms with Crippen molar-refractivity contribution in [3.8, 4) is 0 Å². The van der Waals surface area contributed by atoms with Crippen molar-refractivity contribution >= 4 is 27.8 Å². The molecular formula is C25H25F4N5O3S. The van der Waals surface area contributed by atoms with Gasteiger partial charge in [-0.15, -0.1) is 0 Å². The lowest BCUT2D eigenvalue weighted by molar-refractivity contribution is -0.137. The number of hydrogen-bond donors (Lipinski definition) is 2. The Labute approximate surface area is 216 Å². The van der Waals surface area contributed by atoms with Crippen LogP contribution >= 0.6 is 0 Å². The zero-order valence-electron chi connectivity index (χ0n) is 20.5. The van der Waals surface area contributed by atoms with Crippen molar-refractivity contribution < 1.29 is 30.8 Å². The minimum absolute atomic E-state index is 0.165. The highest BCUT2D eigenvalue weighted by molar-refractivity contribution is 7.94. The van der Waals surface area contributed by atoms with Crippen LogP contribution in [0.4, 0.5) is 23.4 Å². The molecular weight excluding hydrogens is 526 g/mol. The first-order valence-corrected chi connectivity index (χ1v) is 13.5. The number of aromatic nitrogens is 2. The van der Waals surface area contributed by atoms with Gasteiger partial charge in [-0.2, -0.15) is 13.2 Å².